The quantitative estimate of drug-likeness (QED) is 0.762. The standard InChI is InChI=1S/C19H19N3OS/c1-13-22-18(12-24-13)14-4-5-17-15(6-8-23-19(17)9-14)10-21-16-3-2-7-20-11-16/h2-5,7,9,11-12,15,21H,6,8,10H2,1H3/t15-/m1/s1. The molecular weight excluding hydrogens is 318 g/mol. The zero-order valence-electron chi connectivity index (χ0n) is 13.5. The van der Waals surface area contributed by atoms with Crippen LogP contribution in [-0.4, -0.2) is 23.1 Å². The van der Waals surface area contributed by atoms with Crippen LogP contribution in [0.1, 0.15) is 22.9 Å². The summed E-state index contributed by atoms with van der Waals surface area (Å²) in [4.78, 5) is 8.72. The molecule has 1 atom stereocenters. The lowest BCUT2D eigenvalue weighted by Crippen LogP contribution is -2.20. The highest BCUT2D eigenvalue weighted by molar-refractivity contribution is 7.09. The van der Waals surface area contributed by atoms with Gasteiger partial charge in [0.15, 0.2) is 0 Å². The van der Waals surface area contributed by atoms with E-state index < -0.39 is 0 Å². The van der Waals surface area contributed by atoms with Crippen LogP contribution in [-0.2, 0) is 0 Å². The molecule has 24 heavy (non-hydrogen) atoms. The summed E-state index contributed by atoms with van der Waals surface area (Å²) in [6.45, 7) is 3.67. The van der Waals surface area contributed by atoms with E-state index in [1.807, 2.05) is 25.3 Å². The van der Waals surface area contributed by atoms with E-state index in [1.54, 1.807) is 17.5 Å². The summed E-state index contributed by atoms with van der Waals surface area (Å²) in [5.74, 6) is 1.43. The Morgan fingerprint density at radius 2 is 2.29 bits per heavy atom. The summed E-state index contributed by atoms with van der Waals surface area (Å²) in [7, 11) is 0. The van der Waals surface area contributed by atoms with Crippen molar-refractivity contribution in [2.75, 3.05) is 18.5 Å². The van der Waals surface area contributed by atoms with Gasteiger partial charge in [0.2, 0.25) is 0 Å². The van der Waals surface area contributed by atoms with E-state index in [-0.39, 0.29) is 0 Å². The van der Waals surface area contributed by atoms with Gasteiger partial charge in [0.1, 0.15) is 5.75 Å². The van der Waals surface area contributed by atoms with Gasteiger partial charge in [0.05, 0.1) is 23.0 Å². The number of anilines is 1. The molecule has 0 saturated heterocycles. The van der Waals surface area contributed by atoms with Gasteiger partial charge in [0.25, 0.3) is 0 Å². The van der Waals surface area contributed by atoms with Gasteiger partial charge >= 0.3 is 0 Å². The Labute approximate surface area is 145 Å². The van der Waals surface area contributed by atoms with Crippen LogP contribution in [0.15, 0.2) is 48.1 Å². The SMILES string of the molecule is Cc1nc(-c2ccc3c(c2)OCC[C@@H]3CNc2cccnc2)cs1. The van der Waals surface area contributed by atoms with Crippen molar-refractivity contribution in [2.24, 2.45) is 0 Å². The molecule has 0 aliphatic carbocycles. The average Bonchev–Trinajstić information content (AvgIpc) is 3.07. The molecule has 1 N–H and O–H groups in total. The minimum Gasteiger partial charge on any atom is -0.493 e. The minimum atomic E-state index is 0.445. The van der Waals surface area contributed by atoms with Crippen molar-refractivity contribution >= 4 is 17.0 Å². The molecule has 3 aromatic rings. The summed E-state index contributed by atoms with van der Waals surface area (Å²) in [6.07, 6.45) is 4.67. The summed E-state index contributed by atoms with van der Waals surface area (Å²) in [6, 6.07) is 10.5. The Morgan fingerprint density at radius 1 is 1.33 bits per heavy atom. The molecule has 122 valence electrons. The molecule has 2 aromatic heterocycles. The van der Waals surface area contributed by atoms with Gasteiger partial charge in [-0.3, -0.25) is 4.98 Å². The van der Waals surface area contributed by atoms with Crippen LogP contribution in [0.3, 0.4) is 0 Å². The van der Waals surface area contributed by atoms with Gasteiger partial charge in [-0.05, 0) is 37.1 Å². The number of benzene rings is 1. The average molecular weight is 337 g/mol. The number of nitrogens with one attached hydrogen (secondary N) is 1. The van der Waals surface area contributed by atoms with E-state index >= 15 is 0 Å². The molecule has 0 radical (unpaired) electrons. The molecular formula is C19H19N3OS. The highest BCUT2D eigenvalue weighted by Gasteiger charge is 2.22. The zero-order chi connectivity index (χ0) is 16.4. The van der Waals surface area contributed by atoms with E-state index in [1.165, 1.54) is 5.56 Å². The van der Waals surface area contributed by atoms with Crippen LogP contribution in [0.2, 0.25) is 0 Å². The second-order valence-corrected chi connectivity index (χ2v) is 7.02. The Balaban J connectivity index is 1.54. The van der Waals surface area contributed by atoms with Crippen molar-refractivity contribution in [3.8, 4) is 17.0 Å². The molecule has 1 aliphatic heterocycles. The van der Waals surface area contributed by atoms with Crippen molar-refractivity contribution in [3.05, 3.63) is 58.7 Å². The van der Waals surface area contributed by atoms with Gasteiger partial charge < -0.3 is 10.1 Å². The Bertz CT molecular complexity index is 832. The highest BCUT2D eigenvalue weighted by atomic mass is 32.1. The first-order valence-electron chi connectivity index (χ1n) is 8.13. The second-order valence-electron chi connectivity index (χ2n) is 5.96. The lowest BCUT2D eigenvalue weighted by Gasteiger charge is -2.26. The Morgan fingerprint density at radius 3 is 3.08 bits per heavy atom. The molecule has 1 aromatic carbocycles. The number of fused-ring (bicyclic) bond motifs is 1. The Kier molecular flexibility index (Phi) is 4.17. The third-order valence-electron chi connectivity index (χ3n) is 4.31. The number of aryl methyl sites for hydroxylation is 1. The summed E-state index contributed by atoms with van der Waals surface area (Å²) < 4.78 is 5.91. The fraction of sp³-hybridized carbons (Fsp3) is 0.263. The maximum absolute atomic E-state index is 5.91. The maximum Gasteiger partial charge on any atom is 0.123 e. The number of thiazole rings is 1. The fourth-order valence-electron chi connectivity index (χ4n) is 3.04. The topological polar surface area (TPSA) is 47.0 Å². The predicted molar refractivity (Wildman–Crippen MR) is 97.9 cm³/mol. The second kappa shape index (κ2) is 6.61. The van der Waals surface area contributed by atoms with Crippen LogP contribution >= 0.6 is 11.3 Å². The monoisotopic (exact) mass is 337 g/mol. The van der Waals surface area contributed by atoms with E-state index in [2.05, 4.69) is 38.9 Å². The summed E-state index contributed by atoms with van der Waals surface area (Å²) in [5, 5.41) is 6.66. The molecule has 3 heterocycles. The zero-order valence-corrected chi connectivity index (χ0v) is 14.3. The molecule has 4 rings (SSSR count). The van der Waals surface area contributed by atoms with Crippen LogP contribution in [0, 0.1) is 6.92 Å². The summed E-state index contributed by atoms with van der Waals surface area (Å²) >= 11 is 1.68. The van der Waals surface area contributed by atoms with Crippen molar-refractivity contribution in [3.63, 3.8) is 0 Å². The third-order valence-corrected chi connectivity index (χ3v) is 5.08. The van der Waals surface area contributed by atoms with Gasteiger partial charge in [0, 0.05) is 35.8 Å². The van der Waals surface area contributed by atoms with Crippen LogP contribution in [0.4, 0.5) is 5.69 Å². The van der Waals surface area contributed by atoms with Gasteiger partial charge in [-0.25, -0.2) is 4.98 Å². The molecule has 4 nitrogen and oxygen atoms in total. The molecule has 0 unspecified atom stereocenters. The van der Waals surface area contributed by atoms with Crippen LogP contribution < -0.4 is 10.1 Å². The first-order valence-corrected chi connectivity index (χ1v) is 9.01. The summed E-state index contributed by atoms with van der Waals surface area (Å²) in [5.41, 5.74) is 4.48. The number of hydrogen-bond donors (Lipinski definition) is 1. The van der Waals surface area contributed by atoms with Crippen molar-refractivity contribution in [1.82, 2.24) is 9.97 Å². The molecule has 1 aliphatic rings. The predicted octanol–water partition coefficient (Wildman–Crippen LogP) is 4.49. The maximum atomic E-state index is 5.91. The van der Waals surface area contributed by atoms with Crippen molar-refractivity contribution in [2.45, 2.75) is 19.3 Å². The molecule has 0 saturated carbocycles. The number of ether oxygens (including phenoxy) is 1. The number of aromatic nitrogens is 2. The largest absolute Gasteiger partial charge is 0.493 e. The smallest absolute Gasteiger partial charge is 0.123 e. The van der Waals surface area contributed by atoms with Crippen molar-refractivity contribution < 1.29 is 4.74 Å². The first kappa shape index (κ1) is 15.1. The van der Waals surface area contributed by atoms with Gasteiger partial charge in [-0.2, -0.15) is 0 Å². The lowest BCUT2D eigenvalue weighted by atomic mass is 9.91. The molecule has 0 fully saturated rings. The number of hydrogen-bond acceptors (Lipinski definition) is 5. The van der Waals surface area contributed by atoms with Gasteiger partial charge in [-0.1, -0.05) is 12.1 Å². The Hall–Kier alpha value is -2.40. The minimum absolute atomic E-state index is 0.445. The number of rotatable bonds is 4. The molecule has 0 amide bonds. The van der Waals surface area contributed by atoms with E-state index in [0.29, 0.717) is 5.92 Å². The molecule has 0 spiro atoms. The highest BCUT2D eigenvalue weighted by Crippen LogP contribution is 2.37. The number of pyridine rings is 1. The first-order chi connectivity index (χ1) is 11.8. The fourth-order valence-corrected chi connectivity index (χ4v) is 3.66. The van der Waals surface area contributed by atoms with Crippen molar-refractivity contribution in [1.29, 1.82) is 0 Å². The van der Waals surface area contributed by atoms with Gasteiger partial charge in [-0.15, -0.1) is 11.3 Å². The number of nitrogens with zero attached hydrogens (tertiary/aromatic N) is 2. The third kappa shape index (κ3) is 3.12. The van der Waals surface area contributed by atoms with E-state index in [9.17, 15) is 0 Å². The normalized spacial score (nSPS) is 16.3. The van der Waals surface area contributed by atoms with E-state index in [4.69, 9.17) is 4.74 Å². The molecule has 5 heteroatoms. The van der Waals surface area contributed by atoms with Crippen LogP contribution in [0.5, 0.6) is 5.75 Å². The van der Waals surface area contributed by atoms with E-state index in [0.717, 1.165) is 47.3 Å². The lowest BCUT2D eigenvalue weighted by molar-refractivity contribution is 0.270. The van der Waals surface area contributed by atoms with Crippen LogP contribution in [0.25, 0.3) is 11.3 Å². The molecule has 0 bridgehead atoms.